The normalized spacial score (nSPS) is 21.9. The molecule has 0 saturated carbocycles. The van der Waals surface area contributed by atoms with E-state index in [1.54, 1.807) is 29.2 Å². The highest BCUT2D eigenvalue weighted by molar-refractivity contribution is 7.89. The van der Waals surface area contributed by atoms with Gasteiger partial charge in [-0.15, -0.1) is 0 Å². The van der Waals surface area contributed by atoms with Crippen molar-refractivity contribution >= 4 is 21.7 Å². The fourth-order valence-electron chi connectivity index (χ4n) is 3.82. The predicted molar refractivity (Wildman–Crippen MR) is 112 cm³/mol. The summed E-state index contributed by atoms with van der Waals surface area (Å²) in [5.41, 5.74) is 1.75. The number of ether oxygens (including phenoxy) is 2. The van der Waals surface area contributed by atoms with Crippen LogP contribution < -0.4 is 10.1 Å². The average Bonchev–Trinajstić information content (AvgIpc) is 2.74. The maximum atomic E-state index is 13.0. The van der Waals surface area contributed by atoms with E-state index in [0.717, 1.165) is 11.3 Å². The van der Waals surface area contributed by atoms with Crippen molar-refractivity contribution in [3.63, 3.8) is 0 Å². The number of aryl methyl sites for hydroxylation is 1. The molecule has 8 nitrogen and oxygen atoms in total. The summed E-state index contributed by atoms with van der Waals surface area (Å²) in [6, 6.07) is 13.7. The first-order valence-corrected chi connectivity index (χ1v) is 11.2. The molecule has 0 aliphatic carbocycles. The summed E-state index contributed by atoms with van der Waals surface area (Å²) in [7, 11) is -2.11. The maximum absolute atomic E-state index is 13.0. The molecule has 0 radical (unpaired) electrons. The van der Waals surface area contributed by atoms with Gasteiger partial charge in [-0.25, -0.2) is 13.2 Å². The van der Waals surface area contributed by atoms with E-state index in [4.69, 9.17) is 9.47 Å². The average molecular weight is 432 g/mol. The van der Waals surface area contributed by atoms with Gasteiger partial charge in [-0.05, 0) is 42.8 Å². The van der Waals surface area contributed by atoms with E-state index < -0.39 is 10.0 Å². The smallest absolute Gasteiger partial charge is 0.322 e. The van der Waals surface area contributed by atoms with Gasteiger partial charge in [-0.2, -0.15) is 4.31 Å². The van der Waals surface area contributed by atoms with Crippen LogP contribution in [0.15, 0.2) is 53.4 Å². The van der Waals surface area contributed by atoms with E-state index in [2.05, 4.69) is 5.32 Å². The quantitative estimate of drug-likeness (QED) is 0.803. The minimum Gasteiger partial charge on any atom is -0.497 e. The zero-order valence-corrected chi connectivity index (χ0v) is 17.8. The van der Waals surface area contributed by atoms with Gasteiger partial charge in [-0.3, -0.25) is 0 Å². The van der Waals surface area contributed by atoms with E-state index in [1.165, 1.54) is 11.4 Å². The molecule has 2 fully saturated rings. The third-order valence-electron chi connectivity index (χ3n) is 5.42. The molecule has 2 heterocycles. The summed E-state index contributed by atoms with van der Waals surface area (Å²) in [5.74, 6) is 0.600. The van der Waals surface area contributed by atoms with Gasteiger partial charge in [0.05, 0.1) is 37.3 Å². The molecular weight excluding hydrogens is 406 g/mol. The van der Waals surface area contributed by atoms with Crippen LogP contribution in [0.4, 0.5) is 10.5 Å². The van der Waals surface area contributed by atoms with Crippen LogP contribution in [-0.4, -0.2) is 69.2 Å². The number of hydrogen-bond acceptors (Lipinski definition) is 5. The Morgan fingerprint density at radius 1 is 1.03 bits per heavy atom. The lowest BCUT2D eigenvalue weighted by Crippen LogP contribution is -2.61. The third kappa shape index (κ3) is 4.14. The number of anilines is 1. The van der Waals surface area contributed by atoms with Crippen molar-refractivity contribution < 1.29 is 22.7 Å². The number of carbonyl (C=O) groups is 1. The molecule has 160 valence electrons. The van der Waals surface area contributed by atoms with Gasteiger partial charge in [-0.1, -0.05) is 18.2 Å². The lowest BCUT2D eigenvalue weighted by molar-refractivity contribution is -0.110. The van der Waals surface area contributed by atoms with Gasteiger partial charge >= 0.3 is 6.03 Å². The Kier molecular flexibility index (Phi) is 5.68. The van der Waals surface area contributed by atoms with Gasteiger partial charge < -0.3 is 19.7 Å². The number of carbonyl (C=O) groups excluding carboxylic acids is 1. The van der Waals surface area contributed by atoms with Crippen LogP contribution in [0.25, 0.3) is 0 Å². The number of morpholine rings is 2. The first-order chi connectivity index (χ1) is 14.4. The van der Waals surface area contributed by atoms with Crippen molar-refractivity contribution in [3.05, 3.63) is 54.1 Å². The molecule has 2 aliphatic heterocycles. The lowest BCUT2D eigenvalue weighted by Gasteiger charge is -2.45. The third-order valence-corrected chi connectivity index (χ3v) is 7.26. The van der Waals surface area contributed by atoms with E-state index in [9.17, 15) is 13.2 Å². The molecule has 0 aromatic heterocycles. The monoisotopic (exact) mass is 431 g/mol. The van der Waals surface area contributed by atoms with E-state index in [1.807, 2.05) is 31.2 Å². The molecule has 2 saturated heterocycles. The van der Waals surface area contributed by atoms with Gasteiger partial charge in [0.1, 0.15) is 5.75 Å². The SMILES string of the molecule is COc1ccc(S(=O)(=O)N2CC3CN(C(=O)Nc4ccccc4C)CC(C2)O3)cc1. The maximum Gasteiger partial charge on any atom is 0.322 e. The van der Waals surface area contributed by atoms with Crippen molar-refractivity contribution in [1.82, 2.24) is 9.21 Å². The fourth-order valence-corrected chi connectivity index (χ4v) is 5.32. The van der Waals surface area contributed by atoms with Crippen LogP contribution in [0.3, 0.4) is 0 Å². The number of amides is 2. The van der Waals surface area contributed by atoms with Crippen LogP contribution in [0, 0.1) is 6.92 Å². The number of hydrogen-bond donors (Lipinski definition) is 1. The summed E-state index contributed by atoms with van der Waals surface area (Å²) >= 11 is 0. The van der Waals surface area contributed by atoms with Crippen LogP contribution in [0.5, 0.6) is 5.75 Å². The van der Waals surface area contributed by atoms with Crippen molar-refractivity contribution in [1.29, 1.82) is 0 Å². The van der Waals surface area contributed by atoms with Gasteiger partial charge in [0.25, 0.3) is 0 Å². The number of benzene rings is 2. The molecule has 2 aromatic carbocycles. The van der Waals surface area contributed by atoms with Crippen molar-refractivity contribution in [2.45, 2.75) is 24.0 Å². The highest BCUT2D eigenvalue weighted by atomic mass is 32.2. The number of fused-ring (bicyclic) bond motifs is 2. The molecule has 2 unspecified atom stereocenters. The topological polar surface area (TPSA) is 88.2 Å². The molecule has 2 amide bonds. The second kappa shape index (κ2) is 8.25. The second-order valence-electron chi connectivity index (χ2n) is 7.53. The molecule has 9 heteroatoms. The summed E-state index contributed by atoms with van der Waals surface area (Å²) in [5, 5.41) is 2.94. The second-order valence-corrected chi connectivity index (χ2v) is 9.47. The van der Waals surface area contributed by atoms with Crippen molar-refractivity contribution in [3.8, 4) is 5.75 Å². The number of urea groups is 1. The summed E-state index contributed by atoms with van der Waals surface area (Å²) in [6.45, 7) is 3.02. The number of nitrogens with zero attached hydrogens (tertiary/aromatic N) is 2. The largest absolute Gasteiger partial charge is 0.497 e. The molecule has 4 rings (SSSR count). The number of sulfonamides is 1. The van der Waals surface area contributed by atoms with Crippen LogP contribution in [0.2, 0.25) is 0 Å². The Morgan fingerprint density at radius 3 is 2.27 bits per heavy atom. The Bertz CT molecular complexity index is 1010. The standard InChI is InChI=1S/C21H25N3O5S/c1-15-5-3-4-6-20(15)22-21(25)23-11-17-13-24(14-18(12-23)29-17)30(26,27)19-9-7-16(28-2)8-10-19/h3-10,17-18H,11-14H2,1-2H3,(H,22,25). The fraction of sp³-hybridized carbons (Fsp3) is 0.381. The number of methoxy groups -OCH3 is 1. The van der Waals surface area contributed by atoms with Crippen LogP contribution >= 0.6 is 0 Å². The molecule has 2 aliphatic rings. The molecule has 2 aromatic rings. The van der Waals surface area contributed by atoms with E-state index in [0.29, 0.717) is 18.8 Å². The minimum atomic E-state index is -3.64. The van der Waals surface area contributed by atoms with Crippen molar-refractivity contribution in [2.24, 2.45) is 0 Å². The zero-order chi connectivity index (χ0) is 21.3. The zero-order valence-electron chi connectivity index (χ0n) is 16.9. The highest BCUT2D eigenvalue weighted by Crippen LogP contribution is 2.26. The Hall–Kier alpha value is -2.62. The first kappa shape index (κ1) is 20.6. The van der Waals surface area contributed by atoms with Gasteiger partial charge in [0, 0.05) is 18.8 Å². The first-order valence-electron chi connectivity index (χ1n) is 9.78. The number of para-hydroxylation sites is 1. The molecule has 2 bridgehead atoms. The summed E-state index contributed by atoms with van der Waals surface area (Å²) in [4.78, 5) is 14.6. The van der Waals surface area contributed by atoms with Crippen LogP contribution in [0.1, 0.15) is 5.56 Å². The summed E-state index contributed by atoms with van der Waals surface area (Å²) in [6.07, 6.45) is -0.735. The highest BCUT2D eigenvalue weighted by Gasteiger charge is 2.41. The van der Waals surface area contributed by atoms with Gasteiger partial charge in [0.2, 0.25) is 10.0 Å². The molecule has 2 atom stereocenters. The molecule has 1 N–H and O–H groups in total. The molecule has 30 heavy (non-hydrogen) atoms. The molecule has 0 spiro atoms. The van der Waals surface area contributed by atoms with Gasteiger partial charge in [0.15, 0.2) is 0 Å². The molecular formula is C21H25N3O5S. The van der Waals surface area contributed by atoms with E-state index >= 15 is 0 Å². The Morgan fingerprint density at radius 2 is 1.67 bits per heavy atom. The predicted octanol–water partition coefficient (Wildman–Crippen LogP) is 2.31. The van der Waals surface area contributed by atoms with E-state index in [-0.39, 0.29) is 36.2 Å². The summed E-state index contributed by atoms with van der Waals surface area (Å²) < 4.78 is 38.6. The minimum absolute atomic E-state index is 0.200. The number of nitrogens with one attached hydrogen (secondary N) is 1. The Labute approximate surface area is 176 Å². The Balaban J connectivity index is 1.43. The number of rotatable bonds is 4. The van der Waals surface area contributed by atoms with Crippen molar-refractivity contribution in [2.75, 3.05) is 38.6 Å². The lowest BCUT2D eigenvalue weighted by atomic mass is 10.1. The van der Waals surface area contributed by atoms with Crippen LogP contribution in [-0.2, 0) is 14.8 Å².